The molecule has 2 aromatic heterocycles. The van der Waals surface area contributed by atoms with E-state index in [1.165, 1.54) is 17.3 Å². The number of aliphatic hydroxyl groups is 1. The molecule has 4 N–H and O–H groups in total. The summed E-state index contributed by atoms with van der Waals surface area (Å²) in [6, 6.07) is 0.110. The minimum absolute atomic E-state index is 0.00604. The van der Waals surface area contributed by atoms with Crippen molar-refractivity contribution in [3.8, 4) is 5.95 Å². The zero-order valence-corrected chi connectivity index (χ0v) is 11.3. The molecule has 0 aliphatic carbocycles. The standard InChI is InChI=1S/C10H17N9O/c1-7(2)18(3-4-20)9-14-8(17-11)15-10(16-9)19-6-12-5-13-19/h5-7,20H,3-4,11H2,1-2H3,(H,14,15,16,17). The third-order valence-corrected chi connectivity index (χ3v) is 2.59. The summed E-state index contributed by atoms with van der Waals surface area (Å²) < 4.78 is 1.41. The van der Waals surface area contributed by atoms with Crippen molar-refractivity contribution in [2.75, 3.05) is 23.5 Å². The first-order valence-corrected chi connectivity index (χ1v) is 6.11. The lowest BCUT2D eigenvalue weighted by molar-refractivity contribution is 0.298. The average molecular weight is 279 g/mol. The predicted molar refractivity (Wildman–Crippen MR) is 72.1 cm³/mol. The maximum atomic E-state index is 9.15. The van der Waals surface area contributed by atoms with E-state index in [0.717, 1.165) is 0 Å². The Morgan fingerprint density at radius 2 is 2.20 bits per heavy atom. The Morgan fingerprint density at radius 1 is 1.40 bits per heavy atom. The predicted octanol–water partition coefficient (Wildman–Crippen LogP) is -1.05. The minimum Gasteiger partial charge on any atom is -0.395 e. The normalized spacial score (nSPS) is 10.8. The molecule has 0 saturated heterocycles. The van der Waals surface area contributed by atoms with E-state index in [4.69, 9.17) is 10.9 Å². The second-order valence-corrected chi connectivity index (χ2v) is 4.25. The van der Waals surface area contributed by atoms with Gasteiger partial charge in [0.25, 0.3) is 5.95 Å². The van der Waals surface area contributed by atoms with Crippen LogP contribution < -0.4 is 16.2 Å². The molecule has 0 aromatic carbocycles. The van der Waals surface area contributed by atoms with Gasteiger partial charge in [-0.15, -0.1) is 0 Å². The van der Waals surface area contributed by atoms with Gasteiger partial charge in [-0.2, -0.15) is 24.7 Å². The van der Waals surface area contributed by atoms with Gasteiger partial charge in [0.05, 0.1) is 6.61 Å². The summed E-state index contributed by atoms with van der Waals surface area (Å²) in [5, 5.41) is 13.1. The van der Waals surface area contributed by atoms with Crippen molar-refractivity contribution in [2.45, 2.75) is 19.9 Å². The van der Waals surface area contributed by atoms with Crippen LogP contribution in [0, 0.1) is 0 Å². The number of nitrogen functional groups attached to an aromatic ring is 1. The molecule has 0 bridgehead atoms. The number of hydrazine groups is 1. The summed E-state index contributed by atoms with van der Waals surface area (Å²) in [6.45, 7) is 4.35. The van der Waals surface area contributed by atoms with E-state index in [1.54, 1.807) is 0 Å². The quantitative estimate of drug-likeness (QED) is 0.447. The van der Waals surface area contributed by atoms with E-state index >= 15 is 0 Å². The highest BCUT2D eigenvalue weighted by Gasteiger charge is 2.16. The van der Waals surface area contributed by atoms with Gasteiger partial charge in [-0.1, -0.05) is 0 Å². The molecule has 20 heavy (non-hydrogen) atoms. The van der Waals surface area contributed by atoms with Gasteiger partial charge in [0.15, 0.2) is 0 Å². The molecule has 0 saturated carbocycles. The topological polar surface area (TPSA) is 131 Å². The highest BCUT2D eigenvalue weighted by Crippen LogP contribution is 2.14. The fourth-order valence-corrected chi connectivity index (χ4v) is 1.66. The summed E-state index contributed by atoms with van der Waals surface area (Å²) in [4.78, 5) is 18.3. The molecule has 108 valence electrons. The molecule has 2 rings (SSSR count). The summed E-state index contributed by atoms with van der Waals surface area (Å²) in [7, 11) is 0. The number of nitrogens with two attached hydrogens (primary N) is 1. The third kappa shape index (κ3) is 2.97. The Bertz CT molecular complexity index is 542. The number of hydrogen-bond acceptors (Lipinski definition) is 9. The van der Waals surface area contributed by atoms with E-state index in [1.807, 2.05) is 18.7 Å². The Kier molecular flexibility index (Phi) is 4.38. The number of anilines is 2. The molecule has 0 fully saturated rings. The smallest absolute Gasteiger partial charge is 0.258 e. The number of hydrogen-bond donors (Lipinski definition) is 3. The van der Waals surface area contributed by atoms with Gasteiger partial charge in [-0.05, 0) is 13.8 Å². The number of aliphatic hydroxyl groups excluding tert-OH is 1. The first-order valence-electron chi connectivity index (χ1n) is 6.11. The summed E-state index contributed by atoms with van der Waals surface area (Å²) in [6.07, 6.45) is 2.86. The number of nitrogens with zero attached hydrogens (tertiary/aromatic N) is 7. The van der Waals surface area contributed by atoms with Crippen molar-refractivity contribution >= 4 is 11.9 Å². The molecule has 0 aliphatic rings. The fraction of sp³-hybridized carbons (Fsp3) is 0.500. The molecule has 0 amide bonds. The zero-order valence-electron chi connectivity index (χ0n) is 11.3. The van der Waals surface area contributed by atoms with Gasteiger partial charge in [-0.25, -0.2) is 10.8 Å². The van der Waals surface area contributed by atoms with Crippen molar-refractivity contribution < 1.29 is 5.11 Å². The van der Waals surface area contributed by atoms with E-state index in [9.17, 15) is 0 Å². The van der Waals surface area contributed by atoms with Gasteiger partial charge in [0.1, 0.15) is 12.7 Å². The van der Waals surface area contributed by atoms with Gasteiger partial charge in [0, 0.05) is 12.6 Å². The summed E-state index contributed by atoms with van der Waals surface area (Å²) in [5.41, 5.74) is 2.39. The molecule has 10 nitrogen and oxygen atoms in total. The zero-order chi connectivity index (χ0) is 14.5. The summed E-state index contributed by atoms with van der Waals surface area (Å²) in [5.74, 6) is 6.29. The van der Waals surface area contributed by atoms with Crippen molar-refractivity contribution in [3.05, 3.63) is 12.7 Å². The van der Waals surface area contributed by atoms with E-state index in [2.05, 4.69) is 30.5 Å². The average Bonchev–Trinajstić information content (AvgIpc) is 2.98. The SMILES string of the molecule is CC(C)N(CCO)c1nc(NN)nc(-n2cncn2)n1. The number of nitrogens with one attached hydrogen (secondary N) is 1. The van der Waals surface area contributed by atoms with Gasteiger partial charge < -0.3 is 10.0 Å². The monoisotopic (exact) mass is 279 g/mol. The van der Waals surface area contributed by atoms with Crippen LogP contribution in [0.3, 0.4) is 0 Å². The van der Waals surface area contributed by atoms with E-state index in [0.29, 0.717) is 18.4 Å². The second-order valence-electron chi connectivity index (χ2n) is 4.25. The van der Waals surface area contributed by atoms with Crippen molar-refractivity contribution in [1.29, 1.82) is 0 Å². The lowest BCUT2D eigenvalue weighted by Gasteiger charge is -2.26. The van der Waals surface area contributed by atoms with Gasteiger partial charge in [-0.3, -0.25) is 5.43 Å². The van der Waals surface area contributed by atoms with Crippen LogP contribution in [0.4, 0.5) is 11.9 Å². The Hall–Kier alpha value is -2.33. The molecule has 0 unspecified atom stereocenters. The number of rotatable bonds is 6. The number of aromatic nitrogens is 6. The Labute approximate surface area is 115 Å². The van der Waals surface area contributed by atoms with Crippen LogP contribution in [0.25, 0.3) is 5.95 Å². The molecule has 0 aliphatic heterocycles. The largest absolute Gasteiger partial charge is 0.395 e. The highest BCUT2D eigenvalue weighted by molar-refractivity contribution is 5.40. The van der Waals surface area contributed by atoms with Crippen molar-refractivity contribution in [2.24, 2.45) is 5.84 Å². The first kappa shape index (κ1) is 14.1. The van der Waals surface area contributed by atoms with Crippen LogP contribution in [-0.2, 0) is 0 Å². The van der Waals surface area contributed by atoms with Crippen molar-refractivity contribution in [1.82, 2.24) is 29.7 Å². The Balaban J connectivity index is 2.44. The van der Waals surface area contributed by atoms with E-state index < -0.39 is 0 Å². The van der Waals surface area contributed by atoms with Crippen molar-refractivity contribution in [3.63, 3.8) is 0 Å². The molecule has 0 radical (unpaired) electrons. The summed E-state index contributed by atoms with van der Waals surface area (Å²) >= 11 is 0. The van der Waals surface area contributed by atoms with Crippen LogP contribution in [-0.4, -0.2) is 54.0 Å². The first-order chi connectivity index (χ1) is 9.65. The molecular formula is C10H17N9O. The third-order valence-electron chi connectivity index (χ3n) is 2.59. The maximum Gasteiger partial charge on any atom is 0.258 e. The molecule has 0 atom stereocenters. The van der Waals surface area contributed by atoms with E-state index in [-0.39, 0.29) is 18.6 Å². The molecular weight excluding hydrogens is 262 g/mol. The van der Waals surface area contributed by atoms with Crippen LogP contribution in [0.15, 0.2) is 12.7 Å². The van der Waals surface area contributed by atoms with Gasteiger partial charge >= 0.3 is 0 Å². The highest BCUT2D eigenvalue weighted by atomic mass is 16.3. The van der Waals surface area contributed by atoms with Crippen LogP contribution in [0.2, 0.25) is 0 Å². The molecule has 10 heteroatoms. The van der Waals surface area contributed by atoms with Crippen LogP contribution in [0.5, 0.6) is 0 Å². The van der Waals surface area contributed by atoms with Gasteiger partial charge in [0.2, 0.25) is 11.9 Å². The molecule has 2 heterocycles. The molecule has 0 spiro atoms. The lowest BCUT2D eigenvalue weighted by Crippen LogP contribution is -2.35. The van der Waals surface area contributed by atoms with Crippen LogP contribution >= 0.6 is 0 Å². The lowest BCUT2D eigenvalue weighted by atomic mass is 10.3. The van der Waals surface area contributed by atoms with Crippen LogP contribution in [0.1, 0.15) is 13.8 Å². The second kappa shape index (κ2) is 6.21. The maximum absolute atomic E-state index is 9.15. The Morgan fingerprint density at radius 3 is 2.75 bits per heavy atom. The fourth-order valence-electron chi connectivity index (χ4n) is 1.66. The minimum atomic E-state index is -0.00604. The molecule has 2 aromatic rings.